The molecule has 0 nitrogen and oxygen atoms in total. The first-order chi connectivity index (χ1) is 10.6. The molecule has 3 aliphatic rings. The summed E-state index contributed by atoms with van der Waals surface area (Å²) in [5.74, 6) is 2.38. The Hall–Kier alpha value is -0.570. The minimum absolute atomic E-state index is 0.333. The van der Waals surface area contributed by atoms with Crippen molar-refractivity contribution >= 4 is 22.6 Å². The van der Waals surface area contributed by atoms with Gasteiger partial charge in [0.15, 0.2) is 0 Å². The number of benzene rings is 1. The van der Waals surface area contributed by atoms with Crippen LogP contribution >= 0.6 is 22.6 Å². The van der Waals surface area contributed by atoms with Gasteiger partial charge in [-0.2, -0.15) is 0 Å². The Balaban J connectivity index is 1.62. The Kier molecular flexibility index (Phi) is 3.75. The van der Waals surface area contributed by atoms with Crippen LogP contribution in [0.15, 0.2) is 45.6 Å². The van der Waals surface area contributed by atoms with E-state index in [0.717, 1.165) is 17.8 Å². The summed E-state index contributed by atoms with van der Waals surface area (Å²) in [6.45, 7) is 4.95. The van der Waals surface area contributed by atoms with E-state index in [2.05, 4.69) is 72.9 Å². The summed E-state index contributed by atoms with van der Waals surface area (Å²) in [4.78, 5) is 0. The average molecular weight is 404 g/mol. The molecule has 0 saturated carbocycles. The number of halogens is 1. The third-order valence-electron chi connectivity index (χ3n) is 6.44. The molecule has 3 atom stereocenters. The van der Waals surface area contributed by atoms with Crippen molar-refractivity contribution in [3.05, 3.63) is 56.7 Å². The first-order valence-corrected chi connectivity index (χ1v) is 9.78. The largest absolute Gasteiger partial charge is 0.0844 e. The Labute approximate surface area is 148 Å². The van der Waals surface area contributed by atoms with Gasteiger partial charge < -0.3 is 0 Å². The molecule has 0 bridgehead atoms. The predicted molar refractivity (Wildman–Crippen MR) is 102 cm³/mol. The highest BCUT2D eigenvalue weighted by Crippen LogP contribution is 2.57. The van der Waals surface area contributed by atoms with Crippen LogP contribution in [0, 0.1) is 11.8 Å². The maximum Gasteiger partial charge on any atom is -0.00635 e. The number of rotatable bonds is 1. The third kappa shape index (κ3) is 2.31. The Morgan fingerprint density at radius 2 is 1.91 bits per heavy atom. The van der Waals surface area contributed by atoms with Crippen molar-refractivity contribution in [1.29, 1.82) is 0 Å². The molecule has 1 aromatic rings. The maximum absolute atomic E-state index is 2.61. The van der Waals surface area contributed by atoms with E-state index in [9.17, 15) is 0 Å². The van der Waals surface area contributed by atoms with Crippen LogP contribution in [0.3, 0.4) is 0 Å². The molecule has 0 aromatic heterocycles. The van der Waals surface area contributed by atoms with Gasteiger partial charge in [0.2, 0.25) is 0 Å². The molecule has 0 amide bonds. The summed E-state index contributed by atoms with van der Waals surface area (Å²) in [6, 6.07) is 9.20. The number of hydrogen-bond acceptors (Lipinski definition) is 0. The molecule has 1 aromatic carbocycles. The van der Waals surface area contributed by atoms with Crippen LogP contribution in [0.25, 0.3) is 0 Å². The first-order valence-electron chi connectivity index (χ1n) is 8.70. The molecular formula is C21H25I. The van der Waals surface area contributed by atoms with Crippen LogP contribution in [0.2, 0.25) is 0 Å². The number of hydrogen-bond donors (Lipinski definition) is 0. The Morgan fingerprint density at radius 1 is 1.09 bits per heavy atom. The second-order valence-electron chi connectivity index (χ2n) is 7.86. The van der Waals surface area contributed by atoms with E-state index in [4.69, 9.17) is 0 Å². The standard InChI is InChI=1S/C21H25I/c1-21(2)19-6-4-3-5-17(19)18-12-9-15(13-20(18)21)14-7-10-16(22)11-8-14/h3-6,9-10,14,18,20H,7-8,11-13H2,1-2H3/t14-,18+,20?/m0/s1. The van der Waals surface area contributed by atoms with Crippen LogP contribution in [-0.2, 0) is 5.41 Å². The molecule has 0 spiro atoms. The zero-order valence-electron chi connectivity index (χ0n) is 13.6. The van der Waals surface area contributed by atoms with E-state index in [1.165, 1.54) is 32.1 Å². The molecule has 116 valence electrons. The Morgan fingerprint density at radius 3 is 2.68 bits per heavy atom. The minimum Gasteiger partial charge on any atom is -0.0844 e. The molecule has 0 aliphatic heterocycles. The van der Waals surface area contributed by atoms with Crippen molar-refractivity contribution in [1.82, 2.24) is 0 Å². The molecule has 4 rings (SSSR count). The van der Waals surface area contributed by atoms with E-state index < -0.39 is 0 Å². The normalized spacial score (nSPS) is 32.8. The van der Waals surface area contributed by atoms with E-state index in [1.807, 2.05) is 0 Å². The monoisotopic (exact) mass is 404 g/mol. The molecular weight excluding hydrogens is 379 g/mol. The summed E-state index contributed by atoms with van der Waals surface area (Å²) >= 11 is 2.51. The molecule has 22 heavy (non-hydrogen) atoms. The molecule has 1 unspecified atom stereocenters. The van der Waals surface area contributed by atoms with Crippen LogP contribution in [0.4, 0.5) is 0 Å². The summed E-state index contributed by atoms with van der Waals surface area (Å²) in [6.07, 6.45) is 11.6. The van der Waals surface area contributed by atoms with E-state index >= 15 is 0 Å². The number of allylic oxidation sites excluding steroid dienone is 4. The topological polar surface area (TPSA) is 0 Å². The summed E-state index contributed by atoms with van der Waals surface area (Å²) in [7, 11) is 0. The van der Waals surface area contributed by atoms with Crippen molar-refractivity contribution in [2.75, 3.05) is 0 Å². The molecule has 0 N–H and O–H groups in total. The average Bonchev–Trinajstić information content (AvgIpc) is 2.77. The van der Waals surface area contributed by atoms with E-state index in [-0.39, 0.29) is 0 Å². The predicted octanol–water partition coefficient (Wildman–Crippen LogP) is 6.52. The molecule has 0 heterocycles. The van der Waals surface area contributed by atoms with Gasteiger partial charge in [-0.3, -0.25) is 0 Å². The number of fused-ring (bicyclic) bond motifs is 3. The summed E-state index contributed by atoms with van der Waals surface area (Å²) in [5.41, 5.74) is 5.34. The van der Waals surface area contributed by atoms with Gasteiger partial charge in [0.25, 0.3) is 0 Å². The molecule has 0 saturated heterocycles. The van der Waals surface area contributed by atoms with E-state index in [0.29, 0.717) is 5.41 Å². The van der Waals surface area contributed by atoms with Gasteiger partial charge in [0, 0.05) is 0 Å². The molecule has 1 heteroatoms. The lowest BCUT2D eigenvalue weighted by Crippen LogP contribution is -2.29. The second kappa shape index (κ2) is 5.51. The van der Waals surface area contributed by atoms with Gasteiger partial charge >= 0.3 is 0 Å². The zero-order chi connectivity index (χ0) is 15.3. The first kappa shape index (κ1) is 15.0. The van der Waals surface area contributed by atoms with Crippen LogP contribution < -0.4 is 0 Å². The summed E-state index contributed by atoms with van der Waals surface area (Å²) in [5, 5.41) is 0. The fourth-order valence-electron chi connectivity index (χ4n) is 5.10. The van der Waals surface area contributed by atoms with Crippen LogP contribution in [0.5, 0.6) is 0 Å². The van der Waals surface area contributed by atoms with E-state index in [1.54, 1.807) is 20.3 Å². The Bertz CT molecular complexity index is 650. The summed E-state index contributed by atoms with van der Waals surface area (Å²) < 4.78 is 1.57. The lowest BCUT2D eigenvalue weighted by atomic mass is 9.67. The highest BCUT2D eigenvalue weighted by molar-refractivity contribution is 14.1. The fraction of sp³-hybridized carbons (Fsp3) is 0.524. The quantitative estimate of drug-likeness (QED) is 0.369. The van der Waals surface area contributed by atoms with Gasteiger partial charge in [-0.05, 0) is 92.6 Å². The molecule has 0 fully saturated rings. The third-order valence-corrected chi connectivity index (χ3v) is 7.42. The van der Waals surface area contributed by atoms with Crippen molar-refractivity contribution < 1.29 is 0 Å². The van der Waals surface area contributed by atoms with Crippen molar-refractivity contribution in [2.24, 2.45) is 11.8 Å². The maximum atomic E-state index is 2.61. The second-order valence-corrected chi connectivity index (χ2v) is 9.25. The van der Waals surface area contributed by atoms with Gasteiger partial charge in [-0.1, -0.05) is 55.8 Å². The van der Waals surface area contributed by atoms with Crippen LogP contribution in [-0.4, -0.2) is 0 Å². The van der Waals surface area contributed by atoms with Gasteiger partial charge in [-0.25, -0.2) is 0 Å². The van der Waals surface area contributed by atoms with Gasteiger partial charge in [-0.15, -0.1) is 0 Å². The SMILES string of the molecule is CC1(C)c2ccccc2[C@H]2CC=C([C@H]3CC=C(I)CC3)CC21. The van der Waals surface area contributed by atoms with Gasteiger partial charge in [0.05, 0.1) is 0 Å². The fourth-order valence-corrected chi connectivity index (χ4v) is 5.67. The van der Waals surface area contributed by atoms with Gasteiger partial charge in [0.1, 0.15) is 0 Å². The molecule has 0 radical (unpaired) electrons. The lowest BCUT2D eigenvalue weighted by Gasteiger charge is -2.37. The van der Waals surface area contributed by atoms with Crippen LogP contribution in [0.1, 0.15) is 63.0 Å². The smallest absolute Gasteiger partial charge is 0.00635 e. The highest BCUT2D eigenvalue weighted by Gasteiger charge is 2.47. The highest BCUT2D eigenvalue weighted by atomic mass is 127. The van der Waals surface area contributed by atoms with Crippen molar-refractivity contribution in [3.8, 4) is 0 Å². The lowest BCUT2D eigenvalue weighted by molar-refractivity contribution is 0.277. The molecule has 3 aliphatic carbocycles. The van der Waals surface area contributed by atoms with Crippen molar-refractivity contribution in [2.45, 2.75) is 57.3 Å². The zero-order valence-corrected chi connectivity index (χ0v) is 15.8. The minimum atomic E-state index is 0.333. The van der Waals surface area contributed by atoms with Crippen molar-refractivity contribution in [3.63, 3.8) is 0 Å².